The van der Waals surface area contributed by atoms with Crippen molar-refractivity contribution in [2.24, 2.45) is 10.2 Å². The SMILES string of the molecule is [N-]=[N+]=Nc1ccc(/C=C2\CC(S)C/C(=C\c3ccc(N=[N+]=[N-])cc3)C2=O)cc1. The Labute approximate surface area is 167 Å². The first-order chi connectivity index (χ1) is 13.6. The summed E-state index contributed by atoms with van der Waals surface area (Å²) in [5.41, 5.74) is 21.1. The average molecular weight is 388 g/mol. The molecule has 1 aliphatic rings. The normalized spacial score (nSPS) is 19.2. The van der Waals surface area contributed by atoms with E-state index in [-0.39, 0.29) is 11.0 Å². The first-order valence-electron chi connectivity index (χ1n) is 8.53. The predicted molar refractivity (Wildman–Crippen MR) is 113 cm³/mol. The molecule has 1 saturated carbocycles. The second-order valence-corrected chi connectivity index (χ2v) is 7.02. The van der Waals surface area contributed by atoms with E-state index in [0.717, 1.165) is 11.1 Å². The number of Topliss-reactive ketones (excluding diaryl/α,β-unsaturated/α-hetero) is 1. The molecule has 0 radical (unpaired) electrons. The zero-order valence-corrected chi connectivity index (χ0v) is 15.7. The third kappa shape index (κ3) is 4.84. The molecule has 7 nitrogen and oxygen atoms in total. The van der Waals surface area contributed by atoms with Gasteiger partial charge in [-0.1, -0.05) is 58.8 Å². The Balaban J connectivity index is 1.87. The summed E-state index contributed by atoms with van der Waals surface area (Å²) in [4.78, 5) is 18.4. The van der Waals surface area contributed by atoms with Crippen molar-refractivity contribution >= 4 is 41.9 Å². The molecule has 1 fully saturated rings. The van der Waals surface area contributed by atoms with E-state index >= 15 is 0 Å². The van der Waals surface area contributed by atoms with Crippen LogP contribution in [-0.2, 0) is 4.79 Å². The van der Waals surface area contributed by atoms with Gasteiger partial charge < -0.3 is 0 Å². The lowest BCUT2D eigenvalue weighted by Gasteiger charge is -2.22. The van der Waals surface area contributed by atoms with Crippen molar-refractivity contribution in [2.45, 2.75) is 18.1 Å². The molecule has 2 aromatic rings. The van der Waals surface area contributed by atoms with E-state index in [1.165, 1.54) is 0 Å². The van der Waals surface area contributed by atoms with Crippen LogP contribution < -0.4 is 0 Å². The number of benzene rings is 2. The fourth-order valence-corrected chi connectivity index (χ4v) is 3.39. The van der Waals surface area contributed by atoms with Crippen molar-refractivity contribution < 1.29 is 4.79 Å². The van der Waals surface area contributed by atoms with Crippen molar-refractivity contribution in [3.63, 3.8) is 0 Å². The highest BCUT2D eigenvalue weighted by molar-refractivity contribution is 7.81. The topological polar surface area (TPSA) is 115 Å². The number of carbonyl (C=O) groups is 1. The van der Waals surface area contributed by atoms with Crippen molar-refractivity contribution in [3.8, 4) is 0 Å². The summed E-state index contributed by atoms with van der Waals surface area (Å²) in [6, 6.07) is 14.1. The monoisotopic (exact) mass is 388 g/mol. The molecule has 138 valence electrons. The first kappa shape index (κ1) is 19.3. The molecule has 0 amide bonds. The maximum Gasteiger partial charge on any atom is 0.185 e. The number of nitrogens with zero attached hydrogens (tertiary/aromatic N) is 6. The van der Waals surface area contributed by atoms with Gasteiger partial charge in [-0.2, -0.15) is 12.6 Å². The molecule has 0 heterocycles. The molecule has 0 saturated heterocycles. The minimum Gasteiger partial charge on any atom is -0.289 e. The lowest BCUT2D eigenvalue weighted by molar-refractivity contribution is -0.112. The molecule has 0 unspecified atom stereocenters. The van der Waals surface area contributed by atoms with Crippen molar-refractivity contribution in [1.29, 1.82) is 0 Å². The van der Waals surface area contributed by atoms with Gasteiger partial charge in [0.05, 0.1) is 0 Å². The number of rotatable bonds is 4. The average Bonchev–Trinajstić information content (AvgIpc) is 2.69. The van der Waals surface area contributed by atoms with E-state index in [0.29, 0.717) is 35.4 Å². The first-order valence-corrected chi connectivity index (χ1v) is 9.05. The molecule has 3 rings (SSSR count). The number of azide groups is 2. The number of ketones is 1. The van der Waals surface area contributed by atoms with E-state index in [9.17, 15) is 4.79 Å². The zero-order valence-electron chi connectivity index (χ0n) is 14.8. The van der Waals surface area contributed by atoms with Crippen LogP contribution in [0.15, 0.2) is 69.9 Å². The highest BCUT2D eigenvalue weighted by Gasteiger charge is 2.25. The van der Waals surface area contributed by atoms with E-state index in [4.69, 9.17) is 11.1 Å². The molecule has 0 aromatic heterocycles. The molecule has 2 aromatic carbocycles. The third-order valence-electron chi connectivity index (χ3n) is 4.28. The lowest BCUT2D eigenvalue weighted by atomic mass is 9.86. The second kappa shape index (κ2) is 8.97. The molecule has 0 atom stereocenters. The summed E-state index contributed by atoms with van der Waals surface area (Å²) in [5.74, 6) is 0.00328. The highest BCUT2D eigenvalue weighted by Crippen LogP contribution is 2.31. The number of thiol groups is 1. The van der Waals surface area contributed by atoms with Crippen LogP contribution in [-0.4, -0.2) is 11.0 Å². The summed E-state index contributed by atoms with van der Waals surface area (Å²) in [6.45, 7) is 0. The molecule has 8 heteroatoms. The molecule has 28 heavy (non-hydrogen) atoms. The predicted octanol–water partition coefficient (Wildman–Crippen LogP) is 6.70. The third-order valence-corrected chi connectivity index (χ3v) is 4.65. The van der Waals surface area contributed by atoms with Crippen LogP contribution in [0.2, 0.25) is 0 Å². The van der Waals surface area contributed by atoms with Gasteiger partial charge in [-0.15, -0.1) is 0 Å². The fraction of sp³-hybridized carbons (Fsp3) is 0.150. The Kier molecular flexibility index (Phi) is 6.19. The van der Waals surface area contributed by atoms with E-state index in [1.54, 1.807) is 24.3 Å². The standard InChI is InChI=1S/C20H16N6OS/c21-25-23-17-5-1-13(2-6-17)9-15-11-19(28)12-16(20(15)27)10-14-3-7-18(8-4-14)24-26-22/h1-10,19,28H,11-12H2/b15-9+,16-10+. The van der Waals surface area contributed by atoms with Gasteiger partial charge >= 0.3 is 0 Å². The number of hydrogen-bond donors (Lipinski definition) is 1. The van der Waals surface area contributed by atoms with Gasteiger partial charge in [0.15, 0.2) is 5.78 Å². The van der Waals surface area contributed by atoms with Crippen LogP contribution >= 0.6 is 12.6 Å². The molecular weight excluding hydrogens is 372 g/mol. The molecule has 1 aliphatic carbocycles. The minimum atomic E-state index is 0.00328. The molecule has 0 spiro atoms. The fourth-order valence-electron chi connectivity index (χ4n) is 3.00. The van der Waals surface area contributed by atoms with Crippen molar-refractivity contribution in [2.75, 3.05) is 0 Å². The van der Waals surface area contributed by atoms with Crippen LogP contribution in [0, 0.1) is 0 Å². The number of carbonyl (C=O) groups excluding carboxylic acids is 1. The van der Waals surface area contributed by atoms with Crippen molar-refractivity contribution in [3.05, 3.63) is 91.7 Å². The van der Waals surface area contributed by atoms with E-state index in [1.807, 2.05) is 36.4 Å². The summed E-state index contributed by atoms with van der Waals surface area (Å²) >= 11 is 4.60. The van der Waals surface area contributed by atoms with Gasteiger partial charge in [0.25, 0.3) is 0 Å². The Bertz CT molecular complexity index is 960. The van der Waals surface area contributed by atoms with Crippen LogP contribution in [0.25, 0.3) is 33.0 Å². The van der Waals surface area contributed by atoms with Gasteiger partial charge in [0, 0.05) is 37.6 Å². The Morgan fingerprint density at radius 1 is 0.821 bits per heavy atom. The quantitative estimate of drug-likeness (QED) is 0.203. The van der Waals surface area contributed by atoms with Gasteiger partial charge in [-0.3, -0.25) is 4.79 Å². The van der Waals surface area contributed by atoms with Gasteiger partial charge in [0.2, 0.25) is 0 Å². The minimum absolute atomic E-state index is 0.00328. The van der Waals surface area contributed by atoms with Crippen LogP contribution in [0.3, 0.4) is 0 Å². The summed E-state index contributed by atoms with van der Waals surface area (Å²) in [7, 11) is 0. The van der Waals surface area contributed by atoms with Gasteiger partial charge in [-0.05, 0) is 47.2 Å². The van der Waals surface area contributed by atoms with Crippen LogP contribution in [0.4, 0.5) is 11.4 Å². The Morgan fingerprint density at radius 3 is 1.57 bits per heavy atom. The summed E-state index contributed by atoms with van der Waals surface area (Å²) < 4.78 is 0. The maximum atomic E-state index is 12.9. The van der Waals surface area contributed by atoms with E-state index in [2.05, 4.69) is 32.7 Å². The lowest BCUT2D eigenvalue weighted by Crippen LogP contribution is -2.20. The Morgan fingerprint density at radius 2 is 1.21 bits per heavy atom. The maximum absolute atomic E-state index is 12.9. The largest absolute Gasteiger partial charge is 0.289 e. The molecule has 0 bridgehead atoms. The highest BCUT2D eigenvalue weighted by atomic mass is 32.1. The van der Waals surface area contributed by atoms with Gasteiger partial charge in [0.1, 0.15) is 0 Å². The zero-order chi connectivity index (χ0) is 19.9. The van der Waals surface area contributed by atoms with E-state index < -0.39 is 0 Å². The second-order valence-electron chi connectivity index (χ2n) is 6.29. The van der Waals surface area contributed by atoms with Crippen molar-refractivity contribution in [1.82, 2.24) is 0 Å². The molecule has 0 N–H and O–H groups in total. The number of allylic oxidation sites excluding steroid dienone is 2. The number of hydrogen-bond acceptors (Lipinski definition) is 4. The molecular formula is C20H16N6OS. The summed E-state index contributed by atoms with van der Waals surface area (Å²) in [5, 5.41) is 7.14. The molecule has 0 aliphatic heterocycles. The van der Waals surface area contributed by atoms with Crippen LogP contribution in [0.1, 0.15) is 24.0 Å². The van der Waals surface area contributed by atoms with Crippen LogP contribution in [0.5, 0.6) is 0 Å². The Hall–Kier alpha value is -3.44. The smallest absolute Gasteiger partial charge is 0.185 e. The van der Waals surface area contributed by atoms with Gasteiger partial charge in [-0.25, -0.2) is 0 Å². The summed E-state index contributed by atoms with van der Waals surface area (Å²) in [6.07, 6.45) is 4.88.